The molecule has 0 saturated carbocycles. The van der Waals surface area contributed by atoms with Crippen molar-refractivity contribution in [2.24, 2.45) is 0 Å². The van der Waals surface area contributed by atoms with Gasteiger partial charge in [0.05, 0.1) is 5.52 Å². The molecule has 0 unspecified atom stereocenters. The Hall–Kier alpha value is -2.80. The van der Waals surface area contributed by atoms with Crippen LogP contribution in [0.1, 0.15) is 26.3 Å². The van der Waals surface area contributed by atoms with Crippen LogP contribution in [-0.2, 0) is 5.41 Å². The van der Waals surface area contributed by atoms with Crippen LogP contribution in [0.4, 0.5) is 0 Å². The molecule has 0 aliphatic heterocycles. The molecule has 0 radical (unpaired) electrons. The number of nitrogens with one attached hydrogen (secondary N) is 1. The van der Waals surface area contributed by atoms with Gasteiger partial charge in [0.15, 0.2) is 0 Å². The lowest BCUT2D eigenvalue weighted by molar-refractivity contribution is 0.591. The van der Waals surface area contributed by atoms with E-state index in [-0.39, 0.29) is 5.41 Å². The first-order chi connectivity index (χ1) is 12.0. The van der Waals surface area contributed by atoms with Gasteiger partial charge in [-0.1, -0.05) is 75.4 Å². The first kappa shape index (κ1) is 14.5. The first-order valence-corrected chi connectivity index (χ1v) is 8.89. The molecule has 122 valence electrons. The molecule has 1 heterocycles. The van der Waals surface area contributed by atoms with Crippen LogP contribution in [0.3, 0.4) is 0 Å². The summed E-state index contributed by atoms with van der Waals surface area (Å²) in [5.74, 6) is 0. The van der Waals surface area contributed by atoms with Crippen molar-refractivity contribution in [2.75, 3.05) is 0 Å². The minimum atomic E-state index is 0.143. The lowest BCUT2D eigenvalue weighted by atomic mass is 9.86. The predicted octanol–water partition coefficient (Wildman–Crippen LogP) is 6.93. The maximum absolute atomic E-state index is 3.69. The van der Waals surface area contributed by atoms with Crippen molar-refractivity contribution in [3.63, 3.8) is 0 Å². The lowest BCUT2D eigenvalue weighted by Crippen LogP contribution is -2.10. The number of aromatic amines is 1. The average molecular weight is 323 g/mol. The molecule has 25 heavy (non-hydrogen) atoms. The number of hydrogen-bond donors (Lipinski definition) is 1. The lowest BCUT2D eigenvalue weighted by Gasteiger charge is -2.19. The molecule has 1 nitrogen and oxygen atoms in total. The van der Waals surface area contributed by atoms with Crippen molar-refractivity contribution in [3.8, 4) is 0 Å². The summed E-state index contributed by atoms with van der Waals surface area (Å²) in [6, 6.07) is 24.3. The Balaban J connectivity index is 2.08. The van der Waals surface area contributed by atoms with E-state index < -0.39 is 0 Å². The quantitative estimate of drug-likeness (QED) is 0.297. The van der Waals surface area contributed by atoms with Crippen LogP contribution in [0.15, 0.2) is 66.7 Å². The monoisotopic (exact) mass is 323 g/mol. The number of benzene rings is 4. The van der Waals surface area contributed by atoms with E-state index in [9.17, 15) is 0 Å². The van der Waals surface area contributed by atoms with E-state index in [2.05, 4.69) is 92.5 Å². The molecule has 0 saturated heterocycles. The zero-order valence-electron chi connectivity index (χ0n) is 14.9. The first-order valence-electron chi connectivity index (χ1n) is 8.89. The Morgan fingerprint density at radius 2 is 1.24 bits per heavy atom. The molecule has 1 heteroatoms. The molecule has 0 bridgehead atoms. The second-order valence-electron chi connectivity index (χ2n) is 7.98. The molecule has 1 N–H and O–H groups in total. The van der Waals surface area contributed by atoms with Gasteiger partial charge >= 0.3 is 0 Å². The SMILES string of the molecule is CC(C)(C)c1ccc2[nH]c3c4ccccc4c4ccccc4c3c2c1. The maximum Gasteiger partial charge on any atom is 0.0551 e. The van der Waals surface area contributed by atoms with Crippen LogP contribution in [0.5, 0.6) is 0 Å². The van der Waals surface area contributed by atoms with Crippen LogP contribution in [-0.4, -0.2) is 4.98 Å². The minimum absolute atomic E-state index is 0.143. The summed E-state index contributed by atoms with van der Waals surface area (Å²) in [5.41, 5.74) is 3.97. The topological polar surface area (TPSA) is 15.8 Å². The molecule has 0 aliphatic rings. The van der Waals surface area contributed by atoms with Gasteiger partial charge in [-0.25, -0.2) is 0 Å². The number of H-pyrrole nitrogens is 1. The second kappa shape index (κ2) is 4.86. The highest BCUT2D eigenvalue weighted by atomic mass is 14.7. The molecule has 0 atom stereocenters. The van der Waals surface area contributed by atoms with E-state index in [1.54, 1.807) is 0 Å². The van der Waals surface area contributed by atoms with Gasteiger partial charge < -0.3 is 4.98 Å². The van der Waals surface area contributed by atoms with Crippen molar-refractivity contribution in [1.82, 2.24) is 4.98 Å². The zero-order valence-corrected chi connectivity index (χ0v) is 14.9. The number of hydrogen-bond acceptors (Lipinski definition) is 0. The highest BCUT2D eigenvalue weighted by Crippen LogP contribution is 2.39. The van der Waals surface area contributed by atoms with Gasteiger partial charge in [-0.2, -0.15) is 0 Å². The zero-order chi connectivity index (χ0) is 17.2. The minimum Gasteiger partial charge on any atom is -0.354 e. The Morgan fingerprint density at radius 1 is 0.640 bits per heavy atom. The fourth-order valence-electron chi connectivity index (χ4n) is 4.01. The molecule has 5 rings (SSSR count). The molecule has 0 aliphatic carbocycles. The van der Waals surface area contributed by atoms with Gasteiger partial charge in [0.25, 0.3) is 0 Å². The third-order valence-electron chi connectivity index (χ3n) is 5.35. The highest BCUT2D eigenvalue weighted by Gasteiger charge is 2.17. The smallest absolute Gasteiger partial charge is 0.0551 e. The number of rotatable bonds is 0. The van der Waals surface area contributed by atoms with Crippen molar-refractivity contribution >= 4 is 43.4 Å². The summed E-state index contributed by atoms with van der Waals surface area (Å²) in [5, 5.41) is 7.93. The molecular weight excluding hydrogens is 302 g/mol. The van der Waals surface area contributed by atoms with Crippen LogP contribution >= 0.6 is 0 Å². The van der Waals surface area contributed by atoms with Crippen molar-refractivity contribution < 1.29 is 0 Å². The normalized spacial score (nSPS) is 12.6. The standard InChI is InChI=1S/C24H21N/c1-24(2,3)15-12-13-21-20(14-15)22-18-10-6-4-8-16(18)17-9-5-7-11-19(17)23(22)25-21/h4-14,25H,1-3H3. The van der Waals surface area contributed by atoms with E-state index in [0.717, 1.165) is 0 Å². The fourth-order valence-corrected chi connectivity index (χ4v) is 4.01. The van der Waals surface area contributed by atoms with Gasteiger partial charge in [0.2, 0.25) is 0 Å². The van der Waals surface area contributed by atoms with Crippen LogP contribution in [0, 0.1) is 0 Å². The largest absolute Gasteiger partial charge is 0.354 e. The highest BCUT2D eigenvalue weighted by molar-refractivity contribution is 6.31. The summed E-state index contributed by atoms with van der Waals surface area (Å²) in [7, 11) is 0. The van der Waals surface area contributed by atoms with Crippen molar-refractivity contribution in [3.05, 3.63) is 72.3 Å². The number of fused-ring (bicyclic) bond motifs is 8. The Bertz CT molecular complexity index is 1270. The molecule has 0 spiro atoms. The predicted molar refractivity (Wildman–Crippen MR) is 110 cm³/mol. The van der Waals surface area contributed by atoms with E-state index >= 15 is 0 Å². The summed E-state index contributed by atoms with van der Waals surface area (Å²) >= 11 is 0. The van der Waals surface area contributed by atoms with E-state index in [1.165, 1.54) is 48.9 Å². The van der Waals surface area contributed by atoms with Crippen molar-refractivity contribution in [2.45, 2.75) is 26.2 Å². The molecule has 5 aromatic rings. The molecular formula is C24H21N. The summed E-state index contributed by atoms with van der Waals surface area (Å²) in [6.45, 7) is 6.82. The van der Waals surface area contributed by atoms with E-state index in [1.807, 2.05) is 0 Å². The second-order valence-corrected chi connectivity index (χ2v) is 7.98. The van der Waals surface area contributed by atoms with Crippen LogP contribution in [0.25, 0.3) is 43.4 Å². The fraction of sp³-hybridized carbons (Fsp3) is 0.167. The van der Waals surface area contributed by atoms with Gasteiger partial charge in [-0.05, 0) is 39.3 Å². The maximum atomic E-state index is 3.69. The molecule has 1 aromatic heterocycles. The van der Waals surface area contributed by atoms with Gasteiger partial charge in [0.1, 0.15) is 0 Å². The average Bonchev–Trinajstić information content (AvgIpc) is 3.00. The molecule has 4 aromatic carbocycles. The number of aromatic nitrogens is 1. The third-order valence-corrected chi connectivity index (χ3v) is 5.35. The van der Waals surface area contributed by atoms with Gasteiger partial charge in [-0.3, -0.25) is 0 Å². The Labute approximate surface area is 147 Å². The van der Waals surface area contributed by atoms with Gasteiger partial charge in [-0.15, -0.1) is 0 Å². The third kappa shape index (κ3) is 2.02. The molecule has 0 amide bonds. The van der Waals surface area contributed by atoms with E-state index in [4.69, 9.17) is 0 Å². The van der Waals surface area contributed by atoms with Gasteiger partial charge in [0, 0.05) is 21.7 Å². The summed E-state index contributed by atoms with van der Waals surface area (Å²) in [6.07, 6.45) is 0. The van der Waals surface area contributed by atoms with Crippen molar-refractivity contribution in [1.29, 1.82) is 0 Å². The van der Waals surface area contributed by atoms with Crippen LogP contribution in [0.2, 0.25) is 0 Å². The Kier molecular flexibility index (Phi) is 2.82. The van der Waals surface area contributed by atoms with Crippen LogP contribution < -0.4 is 0 Å². The summed E-state index contributed by atoms with van der Waals surface area (Å²) < 4.78 is 0. The molecule has 0 fully saturated rings. The van der Waals surface area contributed by atoms with E-state index in [0.29, 0.717) is 0 Å². The summed E-state index contributed by atoms with van der Waals surface area (Å²) in [4.78, 5) is 3.69. The Morgan fingerprint density at radius 3 is 1.92 bits per heavy atom.